The summed E-state index contributed by atoms with van der Waals surface area (Å²) in [5, 5.41) is 17.6. The van der Waals surface area contributed by atoms with Crippen molar-refractivity contribution in [3.63, 3.8) is 0 Å². The van der Waals surface area contributed by atoms with E-state index in [1.807, 2.05) is 42.5 Å². The molecular weight excluding hydrogens is 326 g/mol. The third kappa shape index (κ3) is 3.58. The zero-order valence-corrected chi connectivity index (χ0v) is 13.8. The Kier molecular flexibility index (Phi) is 5.13. The van der Waals surface area contributed by atoms with E-state index < -0.39 is 0 Å². The zero-order valence-electron chi connectivity index (χ0n) is 13.1. The average molecular weight is 344 g/mol. The molecule has 0 aliphatic rings. The maximum absolute atomic E-state index is 12.9. The molecule has 3 rings (SSSR count). The molecule has 0 saturated heterocycles. The normalized spacial score (nSPS) is 10.9. The number of para-hydroxylation sites is 1. The van der Waals surface area contributed by atoms with Crippen molar-refractivity contribution in [2.45, 2.75) is 13.0 Å². The van der Waals surface area contributed by atoms with E-state index in [4.69, 9.17) is 16.7 Å². The smallest absolute Gasteiger partial charge is 0.275 e. The molecule has 1 aromatic heterocycles. The molecule has 0 radical (unpaired) electrons. The summed E-state index contributed by atoms with van der Waals surface area (Å²) in [4.78, 5) is 14.6. The number of rotatable bonds is 6. The molecule has 2 N–H and O–H groups in total. The van der Waals surface area contributed by atoms with Crippen LogP contribution in [0.25, 0.3) is 10.9 Å². The van der Waals surface area contributed by atoms with Crippen LogP contribution in [0.4, 0.5) is 0 Å². The summed E-state index contributed by atoms with van der Waals surface area (Å²) < 4.78 is 0. The maximum atomic E-state index is 12.9. The van der Waals surface area contributed by atoms with Crippen molar-refractivity contribution in [2.24, 2.45) is 0 Å². The highest BCUT2D eigenvalue weighted by Gasteiger charge is 2.21. The summed E-state index contributed by atoms with van der Waals surface area (Å²) in [6, 6.07) is 14.9. The predicted molar refractivity (Wildman–Crippen MR) is 94.0 cm³/mol. The van der Waals surface area contributed by atoms with Crippen molar-refractivity contribution >= 4 is 28.4 Å². The van der Waals surface area contributed by atoms with Crippen LogP contribution in [0.15, 0.2) is 48.5 Å². The number of carbonyl (C=O) groups excluding carboxylic acids is 1. The molecule has 0 spiro atoms. The summed E-state index contributed by atoms with van der Waals surface area (Å²) in [7, 11) is 0. The van der Waals surface area contributed by atoms with Crippen molar-refractivity contribution < 1.29 is 9.90 Å². The van der Waals surface area contributed by atoms with E-state index >= 15 is 0 Å². The van der Waals surface area contributed by atoms with Gasteiger partial charge in [0.2, 0.25) is 0 Å². The topological polar surface area (TPSA) is 69.2 Å². The summed E-state index contributed by atoms with van der Waals surface area (Å²) in [6.07, 6.45) is 0.509. The Hall–Kier alpha value is -2.37. The number of H-pyrrole nitrogens is 1. The van der Waals surface area contributed by atoms with Gasteiger partial charge in [-0.25, -0.2) is 0 Å². The number of halogens is 1. The van der Waals surface area contributed by atoms with Crippen LogP contribution in [0.2, 0.25) is 5.02 Å². The second-order valence-electron chi connectivity index (χ2n) is 5.55. The molecule has 2 aromatic carbocycles. The van der Waals surface area contributed by atoms with E-state index in [1.165, 1.54) is 0 Å². The summed E-state index contributed by atoms with van der Waals surface area (Å²) in [5.74, 6) is -0.166. The van der Waals surface area contributed by atoms with E-state index in [9.17, 15) is 4.79 Å². The molecule has 6 heteroatoms. The summed E-state index contributed by atoms with van der Waals surface area (Å²) in [6.45, 7) is 0.893. The number of aliphatic hydroxyl groups is 1. The number of fused-ring (bicyclic) bond motifs is 1. The minimum atomic E-state index is -0.166. The molecule has 0 fully saturated rings. The van der Waals surface area contributed by atoms with E-state index in [0.717, 1.165) is 16.5 Å². The number of aromatic nitrogens is 2. The molecule has 0 aliphatic heterocycles. The zero-order chi connectivity index (χ0) is 16.9. The van der Waals surface area contributed by atoms with Crippen LogP contribution >= 0.6 is 11.6 Å². The van der Waals surface area contributed by atoms with Crippen LogP contribution in [0.5, 0.6) is 0 Å². The van der Waals surface area contributed by atoms with Crippen molar-refractivity contribution in [2.75, 3.05) is 13.2 Å². The lowest BCUT2D eigenvalue weighted by atomic mass is 10.1. The number of aromatic amines is 1. The van der Waals surface area contributed by atoms with Crippen LogP contribution in [0.3, 0.4) is 0 Å². The first-order valence-electron chi connectivity index (χ1n) is 7.76. The van der Waals surface area contributed by atoms with Gasteiger partial charge in [-0.2, -0.15) is 5.10 Å². The van der Waals surface area contributed by atoms with Gasteiger partial charge in [0, 0.05) is 30.1 Å². The van der Waals surface area contributed by atoms with Crippen LogP contribution in [-0.4, -0.2) is 39.3 Å². The Morgan fingerprint density at radius 3 is 2.83 bits per heavy atom. The summed E-state index contributed by atoms with van der Waals surface area (Å²) >= 11 is 6.03. The van der Waals surface area contributed by atoms with Gasteiger partial charge in [0.05, 0.1) is 5.52 Å². The van der Waals surface area contributed by atoms with Crippen molar-refractivity contribution in [3.05, 3.63) is 64.8 Å². The highest BCUT2D eigenvalue weighted by molar-refractivity contribution is 6.30. The maximum Gasteiger partial charge on any atom is 0.275 e. The molecule has 1 amide bonds. The van der Waals surface area contributed by atoms with Crippen LogP contribution < -0.4 is 0 Å². The minimum absolute atomic E-state index is 0.0284. The molecule has 0 atom stereocenters. The monoisotopic (exact) mass is 343 g/mol. The molecule has 1 heterocycles. The molecular formula is C18H18ClN3O2. The fourth-order valence-electron chi connectivity index (χ4n) is 2.65. The number of carbonyl (C=O) groups is 1. The number of nitrogens with zero attached hydrogens (tertiary/aromatic N) is 2. The van der Waals surface area contributed by atoms with Crippen molar-refractivity contribution in [1.82, 2.24) is 15.1 Å². The lowest BCUT2D eigenvalue weighted by molar-refractivity contribution is 0.0728. The lowest BCUT2D eigenvalue weighted by Gasteiger charge is -2.22. The molecule has 5 nitrogen and oxygen atoms in total. The highest BCUT2D eigenvalue weighted by atomic mass is 35.5. The first-order chi connectivity index (χ1) is 11.7. The highest BCUT2D eigenvalue weighted by Crippen LogP contribution is 2.19. The number of hydrogen-bond donors (Lipinski definition) is 2. The lowest BCUT2D eigenvalue weighted by Crippen LogP contribution is -2.32. The van der Waals surface area contributed by atoms with Crippen molar-refractivity contribution in [3.8, 4) is 0 Å². The number of benzene rings is 2. The van der Waals surface area contributed by atoms with Gasteiger partial charge in [-0.1, -0.05) is 41.9 Å². The number of amides is 1. The Bertz CT molecular complexity index is 847. The van der Waals surface area contributed by atoms with Crippen LogP contribution in [-0.2, 0) is 6.54 Å². The van der Waals surface area contributed by atoms with Gasteiger partial charge in [0.1, 0.15) is 0 Å². The molecule has 0 saturated carbocycles. The predicted octanol–water partition coefficient (Wildman–Crippen LogP) is 3.24. The van der Waals surface area contributed by atoms with Gasteiger partial charge in [-0.15, -0.1) is 0 Å². The van der Waals surface area contributed by atoms with Gasteiger partial charge in [0.15, 0.2) is 5.69 Å². The molecule has 0 bridgehead atoms. The third-order valence-electron chi connectivity index (χ3n) is 3.81. The molecule has 3 aromatic rings. The first kappa shape index (κ1) is 16.5. The van der Waals surface area contributed by atoms with E-state index in [-0.39, 0.29) is 12.5 Å². The quantitative estimate of drug-likeness (QED) is 0.722. The Balaban J connectivity index is 1.88. The number of hydrogen-bond acceptors (Lipinski definition) is 3. The second kappa shape index (κ2) is 7.47. The Morgan fingerprint density at radius 2 is 2.04 bits per heavy atom. The Morgan fingerprint density at radius 1 is 1.21 bits per heavy atom. The second-order valence-corrected chi connectivity index (χ2v) is 5.99. The minimum Gasteiger partial charge on any atom is -0.396 e. The van der Waals surface area contributed by atoms with Gasteiger partial charge >= 0.3 is 0 Å². The van der Waals surface area contributed by atoms with Crippen LogP contribution in [0, 0.1) is 0 Å². The number of aliphatic hydroxyl groups excluding tert-OH is 1. The Labute approximate surface area is 144 Å². The first-order valence-corrected chi connectivity index (χ1v) is 8.14. The molecule has 24 heavy (non-hydrogen) atoms. The van der Waals surface area contributed by atoms with Gasteiger partial charge in [-0.05, 0) is 30.2 Å². The fraction of sp³-hybridized carbons (Fsp3) is 0.222. The molecule has 0 aliphatic carbocycles. The third-order valence-corrected chi connectivity index (χ3v) is 4.04. The van der Waals surface area contributed by atoms with Gasteiger partial charge < -0.3 is 10.0 Å². The molecule has 0 unspecified atom stereocenters. The van der Waals surface area contributed by atoms with Crippen LogP contribution in [0.1, 0.15) is 22.5 Å². The van der Waals surface area contributed by atoms with Crippen molar-refractivity contribution in [1.29, 1.82) is 0 Å². The number of nitrogens with one attached hydrogen (secondary N) is 1. The largest absolute Gasteiger partial charge is 0.396 e. The summed E-state index contributed by atoms with van der Waals surface area (Å²) in [5.41, 5.74) is 2.16. The van der Waals surface area contributed by atoms with E-state index in [2.05, 4.69) is 10.2 Å². The average Bonchev–Trinajstić information content (AvgIpc) is 3.02. The molecule has 124 valence electrons. The van der Waals surface area contributed by atoms with E-state index in [1.54, 1.807) is 11.0 Å². The fourth-order valence-corrected chi connectivity index (χ4v) is 2.86. The van der Waals surface area contributed by atoms with Gasteiger partial charge in [0.25, 0.3) is 5.91 Å². The standard InChI is InChI=1S/C18H18ClN3O2/c19-14-6-3-5-13(11-14)12-22(9-4-10-23)18(24)17-15-7-1-2-8-16(15)20-21-17/h1-3,5-8,11,23H,4,9-10,12H2,(H,20,21). The van der Waals surface area contributed by atoms with E-state index in [0.29, 0.717) is 30.2 Å². The SMILES string of the molecule is O=C(c1n[nH]c2ccccc12)N(CCCO)Cc1cccc(Cl)c1. The van der Waals surface area contributed by atoms with Gasteiger partial charge in [-0.3, -0.25) is 9.89 Å².